The van der Waals surface area contributed by atoms with Gasteiger partial charge in [-0.05, 0) is 37.8 Å². The molecule has 0 radical (unpaired) electrons. The molecule has 1 amide bonds. The maximum Gasteiger partial charge on any atom is 0.270 e. The molecule has 2 N–H and O–H groups in total. The van der Waals surface area contributed by atoms with Crippen LogP contribution in [0, 0.1) is 0 Å². The molecule has 0 aromatic carbocycles. The average molecular weight is 315 g/mol. The van der Waals surface area contributed by atoms with Crippen molar-refractivity contribution in [2.75, 3.05) is 5.32 Å². The van der Waals surface area contributed by atoms with Crippen LogP contribution in [0.25, 0.3) is 0 Å². The van der Waals surface area contributed by atoms with E-state index in [0.29, 0.717) is 17.8 Å². The maximum atomic E-state index is 12.5. The minimum absolute atomic E-state index is 0.0239. The number of pyridine rings is 1. The highest BCUT2D eigenvalue weighted by molar-refractivity contribution is 5.93. The molecule has 126 valence electrons. The monoisotopic (exact) mass is 315 g/mol. The van der Waals surface area contributed by atoms with E-state index in [0.717, 1.165) is 18.5 Å². The van der Waals surface area contributed by atoms with E-state index in [9.17, 15) is 4.79 Å². The lowest BCUT2D eigenvalue weighted by Crippen LogP contribution is -2.35. The molecule has 1 aromatic heterocycles. The fourth-order valence-corrected chi connectivity index (χ4v) is 3.81. The van der Waals surface area contributed by atoms with Gasteiger partial charge in [0.25, 0.3) is 5.91 Å². The quantitative estimate of drug-likeness (QED) is 0.815. The van der Waals surface area contributed by atoms with Crippen LogP contribution in [-0.2, 0) is 0 Å². The van der Waals surface area contributed by atoms with Crippen molar-refractivity contribution in [2.24, 2.45) is 0 Å². The highest BCUT2D eigenvalue weighted by Gasteiger charge is 2.18. The Morgan fingerprint density at radius 2 is 1.52 bits per heavy atom. The molecular formula is C19H29N3O. The number of nitrogens with zero attached hydrogens (tertiary/aromatic N) is 1. The van der Waals surface area contributed by atoms with Crippen LogP contribution in [-0.4, -0.2) is 23.0 Å². The van der Waals surface area contributed by atoms with Gasteiger partial charge in [-0.15, -0.1) is 0 Å². The zero-order valence-electron chi connectivity index (χ0n) is 14.0. The zero-order chi connectivity index (χ0) is 15.9. The summed E-state index contributed by atoms with van der Waals surface area (Å²) in [5.74, 6) is -0.0239. The predicted molar refractivity (Wildman–Crippen MR) is 93.7 cm³/mol. The standard InChI is InChI=1S/C19H29N3O/c23-19(22-16-10-4-1-2-5-11-16)18-14-17(12-13-20-18)21-15-8-6-3-7-9-15/h12-16H,1-11H2,(H,20,21)(H,22,23). The minimum atomic E-state index is -0.0239. The number of hydrogen-bond acceptors (Lipinski definition) is 3. The smallest absolute Gasteiger partial charge is 0.270 e. The summed E-state index contributed by atoms with van der Waals surface area (Å²) in [5, 5.41) is 6.75. The summed E-state index contributed by atoms with van der Waals surface area (Å²) < 4.78 is 0. The Hall–Kier alpha value is -1.58. The van der Waals surface area contributed by atoms with Crippen LogP contribution in [0.1, 0.15) is 81.1 Å². The molecule has 0 bridgehead atoms. The Kier molecular flexibility index (Phi) is 5.89. The van der Waals surface area contributed by atoms with Gasteiger partial charge in [0.1, 0.15) is 5.69 Å². The number of rotatable bonds is 4. The Bertz CT molecular complexity index is 503. The van der Waals surface area contributed by atoms with Crippen LogP contribution in [0.5, 0.6) is 0 Å². The van der Waals surface area contributed by atoms with E-state index in [1.165, 1.54) is 57.8 Å². The van der Waals surface area contributed by atoms with Gasteiger partial charge in [0, 0.05) is 24.0 Å². The molecule has 2 aliphatic carbocycles. The van der Waals surface area contributed by atoms with Gasteiger partial charge in [0.05, 0.1) is 0 Å². The number of amides is 1. The van der Waals surface area contributed by atoms with Crippen LogP contribution in [0.2, 0.25) is 0 Å². The van der Waals surface area contributed by atoms with Crippen molar-refractivity contribution in [3.05, 3.63) is 24.0 Å². The molecule has 0 aliphatic heterocycles. The van der Waals surface area contributed by atoms with Crippen LogP contribution >= 0.6 is 0 Å². The van der Waals surface area contributed by atoms with E-state index >= 15 is 0 Å². The summed E-state index contributed by atoms with van der Waals surface area (Å²) in [7, 11) is 0. The summed E-state index contributed by atoms with van der Waals surface area (Å²) >= 11 is 0. The molecule has 23 heavy (non-hydrogen) atoms. The van der Waals surface area contributed by atoms with Gasteiger partial charge in [-0.3, -0.25) is 9.78 Å². The highest BCUT2D eigenvalue weighted by Crippen LogP contribution is 2.22. The second-order valence-electron chi connectivity index (χ2n) is 7.07. The molecule has 3 rings (SSSR count). The fourth-order valence-electron chi connectivity index (χ4n) is 3.81. The Labute approximate surface area is 139 Å². The van der Waals surface area contributed by atoms with E-state index in [4.69, 9.17) is 0 Å². The van der Waals surface area contributed by atoms with Gasteiger partial charge in [-0.2, -0.15) is 0 Å². The van der Waals surface area contributed by atoms with Gasteiger partial charge >= 0.3 is 0 Å². The second kappa shape index (κ2) is 8.32. The summed E-state index contributed by atoms with van der Waals surface area (Å²) in [6.07, 6.45) is 15.4. The van der Waals surface area contributed by atoms with E-state index in [1.54, 1.807) is 6.20 Å². The first-order chi connectivity index (χ1) is 11.3. The van der Waals surface area contributed by atoms with E-state index in [-0.39, 0.29) is 5.91 Å². The molecule has 2 aliphatic rings. The largest absolute Gasteiger partial charge is 0.382 e. The Morgan fingerprint density at radius 1 is 0.913 bits per heavy atom. The first kappa shape index (κ1) is 16.3. The number of carbonyl (C=O) groups is 1. The summed E-state index contributed by atoms with van der Waals surface area (Å²) in [6.45, 7) is 0. The lowest BCUT2D eigenvalue weighted by Gasteiger charge is -2.24. The molecular weight excluding hydrogens is 286 g/mol. The van der Waals surface area contributed by atoms with Crippen LogP contribution in [0.3, 0.4) is 0 Å². The second-order valence-corrected chi connectivity index (χ2v) is 7.07. The van der Waals surface area contributed by atoms with Gasteiger partial charge in [0.15, 0.2) is 0 Å². The lowest BCUT2D eigenvalue weighted by atomic mass is 9.95. The molecule has 4 heteroatoms. The predicted octanol–water partition coefficient (Wildman–Crippen LogP) is 4.28. The average Bonchev–Trinajstić information content (AvgIpc) is 2.85. The van der Waals surface area contributed by atoms with Gasteiger partial charge in [-0.25, -0.2) is 0 Å². The number of anilines is 1. The Morgan fingerprint density at radius 3 is 2.22 bits per heavy atom. The molecule has 0 spiro atoms. The van der Waals surface area contributed by atoms with E-state index in [1.807, 2.05) is 12.1 Å². The zero-order valence-corrected chi connectivity index (χ0v) is 14.0. The van der Waals surface area contributed by atoms with Crippen molar-refractivity contribution >= 4 is 11.6 Å². The van der Waals surface area contributed by atoms with Gasteiger partial charge < -0.3 is 10.6 Å². The van der Waals surface area contributed by atoms with E-state index < -0.39 is 0 Å². The summed E-state index contributed by atoms with van der Waals surface area (Å²) in [5.41, 5.74) is 1.56. The molecule has 1 heterocycles. The molecule has 2 saturated carbocycles. The van der Waals surface area contributed by atoms with Gasteiger partial charge in [0.2, 0.25) is 0 Å². The SMILES string of the molecule is O=C(NC1CCCCCC1)c1cc(NC2CCCCC2)ccn1. The molecule has 0 unspecified atom stereocenters. The van der Waals surface area contributed by atoms with Crippen molar-refractivity contribution < 1.29 is 4.79 Å². The van der Waals surface area contributed by atoms with Crippen molar-refractivity contribution in [2.45, 2.75) is 82.7 Å². The first-order valence-corrected chi connectivity index (χ1v) is 9.35. The number of nitrogens with one attached hydrogen (secondary N) is 2. The third kappa shape index (κ3) is 4.95. The number of aromatic nitrogens is 1. The lowest BCUT2D eigenvalue weighted by molar-refractivity contribution is 0.0928. The molecule has 4 nitrogen and oxygen atoms in total. The highest BCUT2D eigenvalue weighted by atomic mass is 16.1. The summed E-state index contributed by atoms with van der Waals surface area (Å²) in [6, 6.07) is 4.74. The van der Waals surface area contributed by atoms with Gasteiger partial charge in [-0.1, -0.05) is 44.9 Å². The fraction of sp³-hybridized carbons (Fsp3) is 0.684. The Balaban J connectivity index is 1.58. The number of carbonyl (C=O) groups excluding carboxylic acids is 1. The van der Waals surface area contributed by atoms with Crippen LogP contribution in [0.4, 0.5) is 5.69 Å². The normalized spacial score (nSPS) is 20.7. The van der Waals surface area contributed by atoms with E-state index in [2.05, 4.69) is 15.6 Å². The van der Waals surface area contributed by atoms with Crippen molar-refractivity contribution in [3.63, 3.8) is 0 Å². The third-order valence-electron chi connectivity index (χ3n) is 5.16. The maximum absolute atomic E-state index is 12.5. The van der Waals surface area contributed by atoms with Crippen LogP contribution in [0.15, 0.2) is 18.3 Å². The third-order valence-corrected chi connectivity index (χ3v) is 5.16. The first-order valence-electron chi connectivity index (χ1n) is 9.35. The topological polar surface area (TPSA) is 54.0 Å². The number of hydrogen-bond donors (Lipinski definition) is 2. The molecule has 0 atom stereocenters. The molecule has 0 saturated heterocycles. The molecule has 2 fully saturated rings. The van der Waals surface area contributed by atoms with Crippen LogP contribution < -0.4 is 10.6 Å². The summed E-state index contributed by atoms with van der Waals surface area (Å²) in [4.78, 5) is 16.7. The molecule has 1 aromatic rings. The van der Waals surface area contributed by atoms with Crippen molar-refractivity contribution in [3.8, 4) is 0 Å². The minimum Gasteiger partial charge on any atom is -0.382 e. The van der Waals surface area contributed by atoms with Crippen molar-refractivity contribution in [1.82, 2.24) is 10.3 Å². The van der Waals surface area contributed by atoms with Crippen molar-refractivity contribution in [1.29, 1.82) is 0 Å².